The first-order valence-corrected chi connectivity index (χ1v) is 9.25. The van der Waals surface area contributed by atoms with Crippen molar-refractivity contribution in [3.05, 3.63) is 29.8 Å². The van der Waals surface area contributed by atoms with Crippen LogP contribution in [0.15, 0.2) is 24.3 Å². The molecular weight excluding hydrogens is 332 g/mol. The standard InChI is InChI=1S/C20H30N2O4/c1-20(2,3)19(24)22-16-8-4-7-15(13-16)18(23)21-10-6-11-25-14-17-9-5-12-26-17/h4,7-8,13,17H,5-6,9-12,14H2,1-3H3,(H,21,23)(H,22,24). The normalized spacial score (nSPS) is 17.1. The van der Waals surface area contributed by atoms with Gasteiger partial charge in [0.15, 0.2) is 0 Å². The Labute approximate surface area is 155 Å². The number of benzene rings is 1. The van der Waals surface area contributed by atoms with Gasteiger partial charge in [0.25, 0.3) is 5.91 Å². The van der Waals surface area contributed by atoms with E-state index in [2.05, 4.69) is 10.6 Å². The maximum Gasteiger partial charge on any atom is 0.251 e. The topological polar surface area (TPSA) is 76.7 Å². The Bertz CT molecular complexity index is 604. The zero-order valence-corrected chi connectivity index (χ0v) is 16.0. The van der Waals surface area contributed by atoms with Crippen LogP contribution in [-0.2, 0) is 14.3 Å². The summed E-state index contributed by atoms with van der Waals surface area (Å²) in [7, 11) is 0. The molecule has 0 aliphatic carbocycles. The van der Waals surface area contributed by atoms with E-state index in [1.165, 1.54) is 0 Å². The predicted molar refractivity (Wildman–Crippen MR) is 101 cm³/mol. The average molecular weight is 362 g/mol. The summed E-state index contributed by atoms with van der Waals surface area (Å²) in [4.78, 5) is 24.3. The monoisotopic (exact) mass is 362 g/mol. The van der Waals surface area contributed by atoms with Crippen LogP contribution in [0.25, 0.3) is 0 Å². The fourth-order valence-corrected chi connectivity index (χ4v) is 2.53. The van der Waals surface area contributed by atoms with Gasteiger partial charge in [0, 0.05) is 36.4 Å². The third kappa shape index (κ3) is 6.77. The molecule has 144 valence electrons. The van der Waals surface area contributed by atoms with E-state index in [9.17, 15) is 9.59 Å². The Kier molecular flexibility index (Phi) is 7.60. The Morgan fingerprint density at radius 2 is 2.12 bits per heavy atom. The number of anilines is 1. The summed E-state index contributed by atoms with van der Waals surface area (Å²) in [6.07, 6.45) is 3.16. The Morgan fingerprint density at radius 3 is 2.81 bits per heavy atom. The molecule has 1 heterocycles. The highest BCUT2D eigenvalue weighted by Gasteiger charge is 2.21. The van der Waals surface area contributed by atoms with Crippen molar-refractivity contribution in [3.63, 3.8) is 0 Å². The van der Waals surface area contributed by atoms with E-state index in [-0.39, 0.29) is 17.9 Å². The van der Waals surface area contributed by atoms with E-state index >= 15 is 0 Å². The molecule has 1 atom stereocenters. The maximum absolute atomic E-state index is 12.2. The first-order chi connectivity index (χ1) is 12.4. The van der Waals surface area contributed by atoms with Crippen molar-refractivity contribution < 1.29 is 19.1 Å². The molecule has 2 N–H and O–H groups in total. The zero-order chi connectivity index (χ0) is 19.0. The summed E-state index contributed by atoms with van der Waals surface area (Å²) in [5.41, 5.74) is 0.663. The second-order valence-corrected chi connectivity index (χ2v) is 7.60. The second kappa shape index (κ2) is 9.69. The van der Waals surface area contributed by atoms with Crippen LogP contribution in [0.3, 0.4) is 0 Å². The van der Waals surface area contributed by atoms with Gasteiger partial charge in [-0.05, 0) is 37.5 Å². The van der Waals surface area contributed by atoms with E-state index < -0.39 is 5.41 Å². The lowest BCUT2D eigenvalue weighted by molar-refractivity contribution is -0.123. The minimum Gasteiger partial charge on any atom is -0.379 e. The predicted octanol–water partition coefficient (Wildman–Crippen LogP) is 2.99. The third-order valence-corrected chi connectivity index (χ3v) is 4.14. The van der Waals surface area contributed by atoms with Crippen LogP contribution in [0.5, 0.6) is 0 Å². The van der Waals surface area contributed by atoms with Gasteiger partial charge in [0.1, 0.15) is 0 Å². The second-order valence-electron chi connectivity index (χ2n) is 7.60. The quantitative estimate of drug-likeness (QED) is 0.697. The van der Waals surface area contributed by atoms with E-state index in [1.807, 2.05) is 20.8 Å². The van der Waals surface area contributed by atoms with Gasteiger partial charge in [0.05, 0.1) is 12.7 Å². The van der Waals surface area contributed by atoms with Gasteiger partial charge in [-0.1, -0.05) is 26.8 Å². The highest BCUT2D eigenvalue weighted by molar-refractivity contribution is 5.98. The number of hydrogen-bond donors (Lipinski definition) is 2. The molecule has 1 aromatic carbocycles. The zero-order valence-electron chi connectivity index (χ0n) is 16.0. The molecule has 0 saturated carbocycles. The highest BCUT2D eigenvalue weighted by Crippen LogP contribution is 2.18. The molecule has 1 unspecified atom stereocenters. The first-order valence-electron chi connectivity index (χ1n) is 9.25. The molecular formula is C20H30N2O4. The van der Waals surface area contributed by atoms with E-state index in [0.29, 0.717) is 31.0 Å². The number of amides is 2. The minimum absolute atomic E-state index is 0.0848. The molecule has 0 spiro atoms. The molecule has 2 rings (SSSR count). The molecule has 0 radical (unpaired) electrons. The van der Waals surface area contributed by atoms with Crippen LogP contribution >= 0.6 is 0 Å². The van der Waals surface area contributed by atoms with E-state index in [0.717, 1.165) is 25.9 Å². The van der Waals surface area contributed by atoms with Crippen LogP contribution in [0.1, 0.15) is 50.4 Å². The van der Waals surface area contributed by atoms with Crippen molar-refractivity contribution in [2.24, 2.45) is 5.41 Å². The van der Waals surface area contributed by atoms with Gasteiger partial charge >= 0.3 is 0 Å². The van der Waals surface area contributed by atoms with E-state index in [4.69, 9.17) is 9.47 Å². The molecule has 1 fully saturated rings. The molecule has 6 heteroatoms. The van der Waals surface area contributed by atoms with Crippen molar-refractivity contribution in [3.8, 4) is 0 Å². The summed E-state index contributed by atoms with van der Waals surface area (Å²) in [5.74, 6) is -0.241. The van der Waals surface area contributed by atoms with Gasteiger partial charge in [-0.15, -0.1) is 0 Å². The molecule has 0 aromatic heterocycles. The lowest BCUT2D eigenvalue weighted by Crippen LogP contribution is -2.28. The summed E-state index contributed by atoms with van der Waals surface area (Å²) < 4.78 is 11.1. The average Bonchev–Trinajstić information content (AvgIpc) is 3.10. The lowest BCUT2D eigenvalue weighted by atomic mass is 9.95. The third-order valence-electron chi connectivity index (χ3n) is 4.14. The summed E-state index contributed by atoms with van der Waals surface area (Å²) in [5, 5.41) is 5.71. The Morgan fingerprint density at radius 1 is 1.31 bits per heavy atom. The van der Waals surface area contributed by atoms with Gasteiger partial charge in [0.2, 0.25) is 5.91 Å². The number of rotatable bonds is 8. The van der Waals surface area contributed by atoms with Gasteiger partial charge in [-0.25, -0.2) is 0 Å². The summed E-state index contributed by atoms with van der Waals surface area (Å²) >= 11 is 0. The molecule has 2 amide bonds. The molecule has 1 saturated heterocycles. The maximum atomic E-state index is 12.2. The van der Waals surface area contributed by atoms with Crippen molar-refractivity contribution >= 4 is 17.5 Å². The van der Waals surface area contributed by atoms with Crippen LogP contribution in [-0.4, -0.2) is 44.3 Å². The highest BCUT2D eigenvalue weighted by atomic mass is 16.5. The van der Waals surface area contributed by atoms with Crippen molar-refractivity contribution in [1.82, 2.24) is 5.32 Å². The lowest BCUT2D eigenvalue weighted by Gasteiger charge is -2.18. The summed E-state index contributed by atoms with van der Waals surface area (Å²) in [6.45, 7) is 8.15. The van der Waals surface area contributed by atoms with Crippen LogP contribution in [0, 0.1) is 5.41 Å². The van der Waals surface area contributed by atoms with Gasteiger partial charge in [-0.2, -0.15) is 0 Å². The van der Waals surface area contributed by atoms with Crippen molar-refractivity contribution in [1.29, 1.82) is 0 Å². The molecule has 26 heavy (non-hydrogen) atoms. The molecule has 0 bridgehead atoms. The summed E-state index contributed by atoms with van der Waals surface area (Å²) in [6, 6.07) is 6.96. The van der Waals surface area contributed by atoms with Crippen LogP contribution in [0.4, 0.5) is 5.69 Å². The van der Waals surface area contributed by atoms with Gasteiger partial charge < -0.3 is 20.1 Å². The Hall–Kier alpha value is -1.92. The minimum atomic E-state index is -0.484. The van der Waals surface area contributed by atoms with Crippen molar-refractivity contribution in [2.75, 3.05) is 31.7 Å². The number of carbonyl (C=O) groups is 2. The fourth-order valence-electron chi connectivity index (χ4n) is 2.53. The van der Waals surface area contributed by atoms with Crippen LogP contribution in [0.2, 0.25) is 0 Å². The smallest absolute Gasteiger partial charge is 0.251 e. The Balaban J connectivity index is 1.70. The van der Waals surface area contributed by atoms with Gasteiger partial charge in [-0.3, -0.25) is 9.59 Å². The van der Waals surface area contributed by atoms with E-state index in [1.54, 1.807) is 24.3 Å². The molecule has 1 aliphatic heterocycles. The molecule has 1 aliphatic rings. The number of ether oxygens (including phenoxy) is 2. The first kappa shape index (κ1) is 20.4. The number of hydrogen-bond acceptors (Lipinski definition) is 4. The SMILES string of the molecule is CC(C)(C)C(=O)Nc1cccc(C(=O)NCCCOCC2CCCO2)c1. The number of carbonyl (C=O) groups excluding carboxylic acids is 2. The van der Waals surface area contributed by atoms with Crippen LogP contribution < -0.4 is 10.6 Å². The van der Waals surface area contributed by atoms with Crippen molar-refractivity contribution in [2.45, 2.75) is 46.1 Å². The largest absolute Gasteiger partial charge is 0.379 e. The molecule has 6 nitrogen and oxygen atoms in total. The number of nitrogens with one attached hydrogen (secondary N) is 2. The molecule has 1 aromatic rings. The fraction of sp³-hybridized carbons (Fsp3) is 0.600.